The first-order valence-electron chi connectivity index (χ1n) is 10.5. The zero-order valence-electron chi connectivity index (χ0n) is 16.7. The summed E-state index contributed by atoms with van der Waals surface area (Å²) in [4.78, 5) is 2.44. The summed E-state index contributed by atoms with van der Waals surface area (Å²) >= 11 is 0. The number of methoxy groups -OCH3 is 1. The molecule has 2 aliphatic heterocycles. The fourth-order valence-corrected chi connectivity index (χ4v) is 8.35. The third-order valence-electron chi connectivity index (χ3n) is 9.27. The van der Waals surface area contributed by atoms with Crippen molar-refractivity contribution in [3.63, 3.8) is 0 Å². The number of ether oxygens (including phenoxy) is 2. The molecule has 1 saturated heterocycles. The molecule has 0 amide bonds. The minimum absolute atomic E-state index is 0.170. The van der Waals surface area contributed by atoms with Gasteiger partial charge in [0.15, 0.2) is 11.5 Å². The number of nitrogens with zero attached hydrogens (tertiary/aromatic N) is 1. The quantitative estimate of drug-likeness (QED) is 0.707. The number of hydrogen-bond donors (Lipinski definition) is 3. The molecular formula is C22H29NO5. The van der Waals surface area contributed by atoms with Gasteiger partial charge in [-0.3, -0.25) is 0 Å². The van der Waals surface area contributed by atoms with Crippen molar-refractivity contribution in [3.05, 3.63) is 23.3 Å². The smallest absolute Gasteiger partial charge is 0.165 e. The molecule has 6 heteroatoms. The Kier molecular flexibility index (Phi) is 3.15. The van der Waals surface area contributed by atoms with Gasteiger partial charge in [-0.2, -0.15) is 0 Å². The first kappa shape index (κ1) is 17.5. The summed E-state index contributed by atoms with van der Waals surface area (Å²) in [5.41, 5.74) is 0.944. The van der Waals surface area contributed by atoms with Gasteiger partial charge in [0.05, 0.1) is 12.2 Å². The van der Waals surface area contributed by atoms with Gasteiger partial charge in [0, 0.05) is 35.5 Å². The Morgan fingerprint density at radius 3 is 2.82 bits per heavy atom. The molecule has 0 radical (unpaired) electrons. The predicted octanol–water partition coefficient (Wildman–Crippen LogP) is 1.19. The maximum atomic E-state index is 11.4. The number of hydrogen-bond acceptors (Lipinski definition) is 6. The molecule has 1 unspecified atom stereocenters. The summed E-state index contributed by atoms with van der Waals surface area (Å²) in [5, 5.41) is 32.8. The van der Waals surface area contributed by atoms with Crippen LogP contribution in [0.2, 0.25) is 0 Å². The van der Waals surface area contributed by atoms with Crippen molar-refractivity contribution in [1.82, 2.24) is 4.90 Å². The Hall–Kier alpha value is -1.34. The molecule has 4 fully saturated rings. The normalized spacial score (nSPS) is 48.9. The summed E-state index contributed by atoms with van der Waals surface area (Å²) in [6.07, 6.45) is 1.52. The first-order valence-corrected chi connectivity index (χ1v) is 10.5. The second-order valence-electron chi connectivity index (χ2n) is 9.85. The summed E-state index contributed by atoms with van der Waals surface area (Å²) < 4.78 is 12.7. The van der Waals surface area contributed by atoms with Crippen LogP contribution in [0.4, 0.5) is 0 Å². The number of likely N-dealkylation sites (tertiary alicyclic amines) is 1. The number of aliphatic hydroxyl groups is 2. The molecule has 4 aliphatic carbocycles. The van der Waals surface area contributed by atoms with Gasteiger partial charge in [0.25, 0.3) is 0 Å². The van der Waals surface area contributed by atoms with E-state index in [2.05, 4.69) is 11.9 Å². The number of aliphatic hydroxyl groups excluding tert-OH is 2. The molecule has 2 spiro atoms. The number of phenols is 1. The van der Waals surface area contributed by atoms with Gasteiger partial charge in [-0.1, -0.05) is 6.07 Å². The summed E-state index contributed by atoms with van der Waals surface area (Å²) in [6.45, 7) is 2.76. The van der Waals surface area contributed by atoms with Crippen LogP contribution in [0.25, 0.3) is 0 Å². The van der Waals surface area contributed by atoms with Gasteiger partial charge in [0.1, 0.15) is 11.7 Å². The van der Waals surface area contributed by atoms with E-state index in [1.54, 1.807) is 20.1 Å². The van der Waals surface area contributed by atoms with Crippen LogP contribution in [-0.2, 0) is 16.6 Å². The van der Waals surface area contributed by atoms with E-state index in [0.717, 1.165) is 31.4 Å². The molecule has 4 bridgehead atoms. The lowest BCUT2D eigenvalue weighted by Crippen LogP contribution is -2.85. The molecule has 8 atom stereocenters. The molecule has 0 aromatic heterocycles. The molecule has 28 heavy (non-hydrogen) atoms. The van der Waals surface area contributed by atoms with E-state index in [1.807, 2.05) is 6.07 Å². The molecule has 6 aliphatic rings. The summed E-state index contributed by atoms with van der Waals surface area (Å²) in [5.74, 6) is 0.534. The molecule has 3 N–H and O–H groups in total. The topological polar surface area (TPSA) is 82.4 Å². The molecule has 1 aromatic rings. The molecule has 1 aromatic carbocycles. The van der Waals surface area contributed by atoms with Gasteiger partial charge in [-0.25, -0.2) is 0 Å². The van der Waals surface area contributed by atoms with Crippen molar-refractivity contribution < 1.29 is 24.8 Å². The van der Waals surface area contributed by atoms with Crippen molar-refractivity contribution in [3.8, 4) is 11.5 Å². The minimum Gasteiger partial charge on any atom is -0.504 e. The number of likely N-dealkylation sites (N-methyl/N-ethyl adjacent to an activating group) is 1. The Balaban J connectivity index is 1.71. The Bertz CT molecular complexity index is 873. The fraction of sp³-hybridized carbons (Fsp3) is 0.727. The largest absolute Gasteiger partial charge is 0.504 e. The highest BCUT2D eigenvalue weighted by Gasteiger charge is 2.83. The van der Waals surface area contributed by atoms with Crippen molar-refractivity contribution in [2.75, 3.05) is 20.7 Å². The second kappa shape index (κ2) is 5.04. The van der Waals surface area contributed by atoms with Crippen molar-refractivity contribution in [2.24, 2.45) is 11.3 Å². The van der Waals surface area contributed by atoms with E-state index >= 15 is 0 Å². The van der Waals surface area contributed by atoms with Gasteiger partial charge in [-0.15, -0.1) is 0 Å². The van der Waals surface area contributed by atoms with Crippen LogP contribution in [0.15, 0.2) is 12.1 Å². The van der Waals surface area contributed by atoms with Crippen molar-refractivity contribution in [2.45, 2.75) is 68.0 Å². The minimum atomic E-state index is -0.976. The average Bonchev–Trinajstić information content (AvgIpc) is 3.02. The highest BCUT2D eigenvalue weighted by molar-refractivity contribution is 5.63. The number of phenolic OH excluding ortho intramolecular Hbond substituents is 1. The fourth-order valence-electron chi connectivity index (χ4n) is 8.35. The monoisotopic (exact) mass is 387 g/mol. The van der Waals surface area contributed by atoms with Gasteiger partial charge in [0.2, 0.25) is 0 Å². The Morgan fingerprint density at radius 1 is 1.32 bits per heavy atom. The van der Waals surface area contributed by atoms with Crippen LogP contribution in [0.1, 0.15) is 37.3 Å². The molecule has 2 heterocycles. The number of fused-ring (bicyclic) bond motifs is 2. The van der Waals surface area contributed by atoms with Crippen molar-refractivity contribution >= 4 is 0 Å². The lowest BCUT2D eigenvalue weighted by atomic mass is 9.34. The average molecular weight is 387 g/mol. The zero-order valence-corrected chi connectivity index (χ0v) is 16.7. The Morgan fingerprint density at radius 2 is 2.11 bits per heavy atom. The van der Waals surface area contributed by atoms with E-state index in [9.17, 15) is 15.3 Å². The third kappa shape index (κ3) is 1.51. The summed E-state index contributed by atoms with van der Waals surface area (Å²) in [6, 6.07) is 4.06. The van der Waals surface area contributed by atoms with Gasteiger partial charge in [-0.05, 0) is 57.8 Å². The maximum absolute atomic E-state index is 11.4. The van der Waals surface area contributed by atoms with Gasteiger partial charge >= 0.3 is 0 Å². The number of piperidine rings is 1. The standard InChI is InChI=1S/C22H29NO5/c1-11(24)13-9-20-10-16(26)22(13,27-3)19-21(20)6-7-23(2)15(20)8-12-4-5-14(25)18(28-19)17(12)21/h4-5,11,13,15-16,19,24-26H,6-10H2,1-3H3/t11-,13-,15-,16?,19-,20+,21+,22+/m1/s1. The maximum Gasteiger partial charge on any atom is 0.165 e. The van der Waals surface area contributed by atoms with Crippen LogP contribution >= 0.6 is 0 Å². The highest BCUT2D eigenvalue weighted by atomic mass is 16.6. The lowest BCUT2D eigenvalue weighted by molar-refractivity contribution is -0.324. The Labute approximate surface area is 165 Å². The van der Waals surface area contributed by atoms with E-state index in [0.29, 0.717) is 12.2 Å². The van der Waals surface area contributed by atoms with Crippen LogP contribution in [0, 0.1) is 11.3 Å². The second-order valence-corrected chi connectivity index (χ2v) is 9.85. The highest BCUT2D eigenvalue weighted by Crippen LogP contribution is 2.76. The molecule has 6 nitrogen and oxygen atoms in total. The summed E-state index contributed by atoms with van der Waals surface area (Å²) in [7, 11) is 3.82. The zero-order chi connectivity index (χ0) is 19.6. The third-order valence-corrected chi connectivity index (χ3v) is 9.27. The molecule has 3 saturated carbocycles. The lowest BCUT2D eigenvalue weighted by Gasteiger charge is -2.75. The van der Waals surface area contributed by atoms with E-state index < -0.39 is 23.9 Å². The number of rotatable bonds is 2. The van der Waals surface area contributed by atoms with Crippen LogP contribution in [-0.4, -0.2) is 70.9 Å². The van der Waals surface area contributed by atoms with E-state index in [-0.39, 0.29) is 28.5 Å². The van der Waals surface area contributed by atoms with Crippen LogP contribution in [0.5, 0.6) is 11.5 Å². The van der Waals surface area contributed by atoms with Crippen LogP contribution < -0.4 is 4.74 Å². The number of aromatic hydroxyl groups is 1. The molecular weight excluding hydrogens is 358 g/mol. The predicted molar refractivity (Wildman–Crippen MR) is 102 cm³/mol. The molecule has 152 valence electrons. The first-order chi connectivity index (χ1) is 13.3. The van der Waals surface area contributed by atoms with Crippen LogP contribution in [0.3, 0.4) is 0 Å². The van der Waals surface area contributed by atoms with E-state index in [4.69, 9.17) is 9.47 Å². The number of benzene rings is 1. The SMILES string of the molecule is CO[C@]12C(O)C[C@@]3(C[C@@H]1[C@@H](C)O)[C@H]1Cc4ccc(O)c5c4[C@@]3(CCN1C)[C@H]2O5. The van der Waals surface area contributed by atoms with Crippen molar-refractivity contribution in [1.29, 1.82) is 0 Å². The van der Waals surface area contributed by atoms with E-state index in [1.165, 1.54) is 5.56 Å². The molecule has 7 rings (SSSR count). The van der Waals surface area contributed by atoms with Gasteiger partial charge < -0.3 is 29.7 Å².